The first kappa shape index (κ1) is 31.6. The molecular formula is C26H46N4O8. The van der Waals surface area contributed by atoms with Crippen molar-refractivity contribution in [2.75, 3.05) is 52.4 Å². The third kappa shape index (κ3) is 9.94. The van der Waals surface area contributed by atoms with Crippen LogP contribution in [0.5, 0.6) is 0 Å². The summed E-state index contributed by atoms with van der Waals surface area (Å²) in [6.45, 7) is 19.1. The Bertz CT molecular complexity index is 786. The molecule has 0 atom stereocenters. The number of carbonyl (C=O) groups is 4. The third-order valence-corrected chi connectivity index (χ3v) is 6.81. The molecule has 2 amide bonds. The Kier molecular flexibility index (Phi) is 10.4. The first-order valence-electron chi connectivity index (χ1n) is 13.3. The average molecular weight is 543 g/mol. The molecule has 0 aliphatic carbocycles. The number of hydrogen-bond acceptors (Lipinski definition) is 8. The van der Waals surface area contributed by atoms with Crippen LogP contribution in [-0.2, 0) is 19.1 Å². The van der Waals surface area contributed by atoms with Gasteiger partial charge in [-0.15, -0.1) is 0 Å². The molecule has 0 aromatic heterocycles. The van der Waals surface area contributed by atoms with E-state index in [2.05, 4.69) is 10.6 Å². The van der Waals surface area contributed by atoms with Gasteiger partial charge in [0, 0.05) is 63.2 Å². The van der Waals surface area contributed by atoms with E-state index in [9.17, 15) is 9.59 Å². The van der Waals surface area contributed by atoms with Gasteiger partial charge in [-0.2, -0.15) is 0 Å². The molecule has 38 heavy (non-hydrogen) atoms. The minimum absolute atomic E-state index is 0.154. The zero-order valence-electron chi connectivity index (χ0n) is 23.7. The molecule has 0 aromatic carbocycles. The smallest absolute Gasteiger partial charge is 0.414 e. The standard InChI is InChI=1S/2C12H22N2O2.C2H2O4/c2*1-11(2,3)16-10(15)14-6-4-5-12(9-14)7-13-8-12;3-1(4)2(5)6/h2*13H,4-9H2,1-3H3;(H,3,4)(H,5,6). The van der Waals surface area contributed by atoms with Crippen molar-refractivity contribution in [3.05, 3.63) is 0 Å². The number of carboxylic acids is 2. The van der Waals surface area contributed by atoms with Crippen LogP contribution in [0.15, 0.2) is 0 Å². The fourth-order valence-corrected chi connectivity index (χ4v) is 4.91. The van der Waals surface area contributed by atoms with Crippen molar-refractivity contribution in [3.63, 3.8) is 0 Å². The molecule has 218 valence electrons. The van der Waals surface area contributed by atoms with Gasteiger partial charge in [0.1, 0.15) is 11.2 Å². The number of rotatable bonds is 0. The highest BCUT2D eigenvalue weighted by Crippen LogP contribution is 2.35. The summed E-state index contributed by atoms with van der Waals surface area (Å²) in [5.41, 5.74) is -0.0938. The molecular weight excluding hydrogens is 496 g/mol. The van der Waals surface area contributed by atoms with E-state index in [4.69, 9.17) is 29.3 Å². The maximum atomic E-state index is 11.9. The minimum Gasteiger partial charge on any atom is -0.473 e. The van der Waals surface area contributed by atoms with E-state index < -0.39 is 11.9 Å². The van der Waals surface area contributed by atoms with Crippen molar-refractivity contribution in [1.82, 2.24) is 20.4 Å². The second-order valence-corrected chi connectivity index (χ2v) is 12.8. The Morgan fingerprint density at radius 3 is 1.18 bits per heavy atom. The maximum absolute atomic E-state index is 11.9. The molecule has 4 aliphatic rings. The number of carbonyl (C=O) groups excluding carboxylic acids is 2. The predicted octanol–water partition coefficient (Wildman–Crippen LogP) is 2.37. The summed E-state index contributed by atoms with van der Waals surface area (Å²) in [6, 6.07) is 0. The molecule has 4 saturated heterocycles. The molecule has 0 bridgehead atoms. The lowest BCUT2D eigenvalue weighted by molar-refractivity contribution is -0.159. The molecule has 4 fully saturated rings. The van der Waals surface area contributed by atoms with Crippen molar-refractivity contribution in [1.29, 1.82) is 0 Å². The highest BCUT2D eigenvalue weighted by molar-refractivity contribution is 6.27. The third-order valence-electron chi connectivity index (χ3n) is 6.81. The van der Waals surface area contributed by atoms with Gasteiger partial charge in [-0.05, 0) is 67.2 Å². The average Bonchev–Trinajstić information content (AvgIpc) is 2.75. The fourth-order valence-electron chi connectivity index (χ4n) is 4.91. The van der Waals surface area contributed by atoms with Crippen molar-refractivity contribution >= 4 is 24.1 Å². The number of ether oxygens (including phenoxy) is 2. The zero-order valence-corrected chi connectivity index (χ0v) is 23.7. The molecule has 4 heterocycles. The van der Waals surface area contributed by atoms with E-state index >= 15 is 0 Å². The van der Waals surface area contributed by atoms with Crippen molar-refractivity contribution in [3.8, 4) is 0 Å². The quantitative estimate of drug-likeness (QED) is 0.335. The van der Waals surface area contributed by atoms with Gasteiger partial charge in [-0.1, -0.05) is 0 Å². The van der Waals surface area contributed by atoms with Gasteiger partial charge < -0.3 is 40.1 Å². The van der Waals surface area contributed by atoms with Gasteiger partial charge in [0.25, 0.3) is 0 Å². The van der Waals surface area contributed by atoms with Gasteiger partial charge in [-0.3, -0.25) is 0 Å². The minimum atomic E-state index is -1.82. The van der Waals surface area contributed by atoms with E-state index in [1.54, 1.807) is 0 Å². The first-order valence-corrected chi connectivity index (χ1v) is 13.3. The molecule has 4 aliphatic heterocycles. The van der Waals surface area contributed by atoms with Crippen LogP contribution in [-0.4, -0.2) is 108 Å². The largest absolute Gasteiger partial charge is 0.473 e. The topological polar surface area (TPSA) is 158 Å². The number of amides is 2. The summed E-state index contributed by atoms with van der Waals surface area (Å²) in [6.07, 6.45) is 4.36. The summed E-state index contributed by atoms with van der Waals surface area (Å²) in [5, 5.41) is 21.4. The molecule has 0 saturated carbocycles. The van der Waals surface area contributed by atoms with E-state index in [1.165, 1.54) is 12.8 Å². The van der Waals surface area contributed by atoms with E-state index in [0.29, 0.717) is 10.8 Å². The number of hydrogen-bond donors (Lipinski definition) is 4. The first-order chi connectivity index (χ1) is 17.4. The number of likely N-dealkylation sites (tertiary alicyclic amines) is 2. The molecule has 2 spiro atoms. The number of aliphatic carboxylic acids is 2. The second-order valence-electron chi connectivity index (χ2n) is 12.8. The molecule has 4 N–H and O–H groups in total. The SMILES string of the molecule is CC(C)(C)OC(=O)N1CCCC2(CNC2)C1.CC(C)(C)OC(=O)N1CCCC2(CNC2)C1.O=C(O)C(=O)O. The van der Waals surface area contributed by atoms with Crippen LogP contribution in [0, 0.1) is 10.8 Å². The highest BCUT2D eigenvalue weighted by atomic mass is 16.6. The van der Waals surface area contributed by atoms with Crippen molar-refractivity contribution < 1.29 is 38.9 Å². The maximum Gasteiger partial charge on any atom is 0.414 e. The Labute approximate surface area is 225 Å². The van der Waals surface area contributed by atoms with Crippen molar-refractivity contribution in [2.45, 2.75) is 78.4 Å². The van der Waals surface area contributed by atoms with Gasteiger partial charge in [0.2, 0.25) is 0 Å². The lowest BCUT2D eigenvalue weighted by atomic mass is 9.75. The van der Waals surface area contributed by atoms with Crippen LogP contribution in [0.25, 0.3) is 0 Å². The Morgan fingerprint density at radius 1 is 0.658 bits per heavy atom. The van der Waals surface area contributed by atoms with Crippen LogP contribution < -0.4 is 10.6 Å². The van der Waals surface area contributed by atoms with Crippen LogP contribution in [0.4, 0.5) is 9.59 Å². The van der Waals surface area contributed by atoms with E-state index in [1.807, 2.05) is 51.3 Å². The number of nitrogens with zero attached hydrogens (tertiary/aromatic N) is 2. The Morgan fingerprint density at radius 2 is 0.974 bits per heavy atom. The predicted molar refractivity (Wildman–Crippen MR) is 140 cm³/mol. The zero-order chi connectivity index (χ0) is 28.8. The Balaban J connectivity index is 0.000000221. The van der Waals surface area contributed by atoms with E-state index in [-0.39, 0.29) is 23.4 Å². The number of carboxylic acid groups (broad SMARTS) is 2. The normalized spacial score (nSPS) is 21.4. The molecule has 0 unspecified atom stereocenters. The summed E-state index contributed by atoms with van der Waals surface area (Å²) in [4.78, 5) is 45.8. The van der Waals surface area contributed by atoms with Gasteiger partial charge >= 0.3 is 24.1 Å². The van der Waals surface area contributed by atoms with Gasteiger partial charge in [0.05, 0.1) is 0 Å². The number of piperidine rings is 2. The molecule has 12 heteroatoms. The van der Waals surface area contributed by atoms with Crippen LogP contribution in [0.1, 0.15) is 67.2 Å². The van der Waals surface area contributed by atoms with Crippen LogP contribution in [0.3, 0.4) is 0 Å². The monoisotopic (exact) mass is 542 g/mol. The summed E-state index contributed by atoms with van der Waals surface area (Å²) < 4.78 is 10.8. The lowest BCUT2D eigenvalue weighted by Gasteiger charge is -2.49. The summed E-state index contributed by atoms with van der Waals surface area (Å²) in [5.74, 6) is -3.65. The Hall–Kier alpha value is -2.60. The van der Waals surface area contributed by atoms with Crippen molar-refractivity contribution in [2.24, 2.45) is 10.8 Å². The summed E-state index contributed by atoms with van der Waals surface area (Å²) in [7, 11) is 0. The highest BCUT2D eigenvalue weighted by Gasteiger charge is 2.43. The molecule has 0 radical (unpaired) electrons. The van der Waals surface area contributed by atoms with Gasteiger partial charge in [0.15, 0.2) is 0 Å². The fraction of sp³-hybridized carbons (Fsp3) is 0.846. The summed E-state index contributed by atoms with van der Waals surface area (Å²) >= 11 is 0. The van der Waals surface area contributed by atoms with Gasteiger partial charge in [-0.25, -0.2) is 19.2 Å². The number of nitrogens with one attached hydrogen (secondary N) is 2. The second kappa shape index (κ2) is 12.5. The van der Waals surface area contributed by atoms with E-state index in [0.717, 1.165) is 65.2 Å². The van der Waals surface area contributed by atoms with Crippen LogP contribution >= 0.6 is 0 Å². The molecule has 4 rings (SSSR count). The molecule has 0 aromatic rings. The van der Waals surface area contributed by atoms with Crippen LogP contribution in [0.2, 0.25) is 0 Å². The lowest BCUT2D eigenvalue weighted by Crippen LogP contribution is -2.62. The molecule has 12 nitrogen and oxygen atoms in total.